The van der Waals surface area contributed by atoms with Gasteiger partial charge in [0.15, 0.2) is 0 Å². The van der Waals surface area contributed by atoms with Crippen molar-refractivity contribution in [2.24, 2.45) is 0 Å². The zero-order valence-electron chi connectivity index (χ0n) is 9.63. The third-order valence-electron chi connectivity index (χ3n) is 2.00. The number of carboxylic acids is 1. The Kier molecular flexibility index (Phi) is 8.24. The van der Waals surface area contributed by atoms with Gasteiger partial charge in [-0.15, -0.1) is 0 Å². The van der Waals surface area contributed by atoms with Crippen molar-refractivity contribution in [1.29, 1.82) is 0 Å². The summed E-state index contributed by atoms with van der Waals surface area (Å²) in [4.78, 5) is 25.9. The largest absolute Gasteiger partial charge is 0.480 e. The lowest BCUT2D eigenvalue weighted by Crippen LogP contribution is -2.38. The number of hydrogen-bond donors (Lipinski definition) is 4. The minimum Gasteiger partial charge on any atom is -0.480 e. The van der Waals surface area contributed by atoms with Gasteiger partial charge in [0.05, 0.1) is 12.0 Å². The van der Waals surface area contributed by atoms with E-state index in [9.17, 15) is 9.59 Å². The van der Waals surface area contributed by atoms with E-state index in [4.69, 9.17) is 15.5 Å². The lowest BCUT2D eigenvalue weighted by molar-refractivity contribution is -0.492. The number of carbonyl (C=O) groups is 2. The van der Waals surface area contributed by atoms with E-state index in [0.717, 1.165) is 0 Å². The van der Waals surface area contributed by atoms with Crippen LogP contribution in [0, 0.1) is 0 Å². The Morgan fingerprint density at radius 3 is 2.47 bits per heavy atom. The van der Waals surface area contributed by atoms with Crippen molar-refractivity contribution in [2.45, 2.75) is 38.6 Å². The van der Waals surface area contributed by atoms with Crippen LogP contribution >= 0.6 is 0 Å². The van der Waals surface area contributed by atoms with Gasteiger partial charge in [0.2, 0.25) is 5.91 Å². The van der Waals surface area contributed by atoms with Crippen molar-refractivity contribution in [2.75, 3.05) is 6.61 Å². The van der Waals surface area contributed by atoms with Crippen molar-refractivity contribution in [3.63, 3.8) is 0 Å². The quantitative estimate of drug-likeness (QED) is 0.339. The summed E-state index contributed by atoms with van der Waals surface area (Å²) in [6.07, 6.45) is 2.06. The molecule has 1 atom stereocenters. The number of aliphatic carboxylic acids is 1. The second-order valence-corrected chi connectivity index (χ2v) is 3.52. The van der Waals surface area contributed by atoms with Crippen molar-refractivity contribution >= 4 is 11.9 Å². The molecule has 0 aromatic rings. The molecule has 0 rings (SSSR count). The van der Waals surface area contributed by atoms with Gasteiger partial charge in [-0.25, -0.2) is 0 Å². The molecule has 0 radical (unpaired) electrons. The van der Waals surface area contributed by atoms with Crippen molar-refractivity contribution in [1.82, 2.24) is 10.7 Å². The first-order valence-electron chi connectivity index (χ1n) is 5.26. The van der Waals surface area contributed by atoms with Gasteiger partial charge in [0.25, 0.3) is 0 Å². The molecule has 0 bridgehead atoms. The summed E-state index contributed by atoms with van der Waals surface area (Å²) < 4.78 is 0. The topological polar surface area (TPSA) is 119 Å². The SMILES string of the molecule is CC(NC(=O)CCCCCON(O)O)C(=O)O. The predicted molar refractivity (Wildman–Crippen MR) is 55.1 cm³/mol. The van der Waals surface area contributed by atoms with E-state index in [0.29, 0.717) is 19.3 Å². The Hall–Kier alpha value is -1.22. The van der Waals surface area contributed by atoms with Crippen molar-refractivity contribution in [3.8, 4) is 0 Å². The average molecular weight is 250 g/mol. The van der Waals surface area contributed by atoms with Crippen LogP contribution in [0.4, 0.5) is 0 Å². The van der Waals surface area contributed by atoms with Gasteiger partial charge in [-0.2, -0.15) is 0 Å². The van der Waals surface area contributed by atoms with E-state index in [1.54, 1.807) is 0 Å². The first-order valence-corrected chi connectivity index (χ1v) is 5.26. The van der Waals surface area contributed by atoms with Crippen LogP contribution in [0.5, 0.6) is 0 Å². The summed E-state index contributed by atoms with van der Waals surface area (Å²) >= 11 is 0. The highest BCUT2D eigenvalue weighted by molar-refractivity contribution is 5.83. The van der Waals surface area contributed by atoms with Crippen LogP contribution in [0.15, 0.2) is 0 Å². The lowest BCUT2D eigenvalue weighted by Gasteiger charge is -2.09. The zero-order chi connectivity index (χ0) is 13.3. The second kappa shape index (κ2) is 8.88. The Bertz CT molecular complexity index is 246. The highest BCUT2D eigenvalue weighted by Gasteiger charge is 2.12. The molecule has 0 aromatic carbocycles. The van der Waals surface area contributed by atoms with E-state index in [1.807, 2.05) is 0 Å². The minimum atomic E-state index is -1.07. The number of rotatable bonds is 9. The molecule has 100 valence electrons. The molecule has 0 saturated carbocycles. The number of carbonyl (C=O) groups excluding carboxylic acids is 1. The number of carboxylic acid groups (broad SMARTS) is 1. The number of amides is 1. The molecule has 8 nitrogen and oxygen atoms in total. The van der Waals surface area contributed by atoms with Crippen LogP contribution in [0.2, 0.25) is 0 Å². The fourth-order valence-electron chi connectivity index (χ4n) is 1.09. The molecule has 1 unspecified atom stereocenters. The predicted octanol–water partition coefficient (Wildman–Crippen LogP) is 0.148. The van der Waals surface area contributed by atoms with E-state index in [1.165, 1.54) is 6.92 Å². The number of nitrogens with one attached hydrogen (secondary N) is 1. The first kappa shape index (κ1) is 15.8. The molecule has 0 heterocycles. The molecule has 17 heavy (non-hydrogen) atoms. The molecule has 0 fully saturated rings. The molecule has 1 amide bonds. The van der Waals surface area contributed by atoms with Gasteiger partial charge < -0.3 is 10.4 Å². The smallest absolute Gasteiger partial charge is 0.325 e. The normalized spacial score (nSPS) is 12.5. The number of unbranched alkanes of at least 4 members (excludes halogenated alkanes) is 2. The Morgan fingerprint density at radius 2 is 1.94 bits per heavy atom. The summed E-state index contributed by atoms with van der Waals surface area (Å²) in [6, 6.07) is -0.886. The van der Waals surface area contributed by atoms with Crippen LogP contribution in [0.3, 0.4) is 0 Å². The van der Waals surface area contributed by atoms with Crippen LogP contribution in [-0.4, -0.2) is 45.4 Å². The summed E-state index contributed by atoms with van der Waals surface area (Å²) in [5, 5.41) is 26.9. The lowest BCUT2D eigenvalue weighted by atomic mass is 10.2. The molecular formula is C9H18N2O6. The molecule has 0 aliphatic heterocycles. The van der Waals surface area contributed by atoms with E-state index < -0.39 is 12.0 Å². The van der Waals surface area contributed by atoms with Gasteiger partial charge >= 0.3 is 5.97 Å². The fraction of sp³-hybridized carbons (Fsp3) is 0.778. The van der Waals surface area contributed by atoms with Crippen LogP contribution in [0.1, 0.15) is 32.6 Å². The third-order valence-corrected chi connectivity index (χ3v) is 2.00. The summed E-state index contributed by atoms with van der Waals surface area (Å²) in [6.45, 7) is 1.53. The zero-order valence-corrected chi connectivity index (χ0v) is 9.63. The van der Waals surface area contributed by atoms with Crippen molar-refractivity contribution < 1.29 is 29.9 Å². The third kappa shape index (κ3) is 9.69. The standard InChI is InChI=1S/C9H18N2O6/c1-7(9(13)14)10-8(12)5-3-2-4-6-17-11(15)16/h7,15-16H,2-6H2,1H3,(H,10,12)(H,13,14). The van der Waals surface area contributed by atoms with Gasteiger partial charge in [0, 0.05) is 6.42 Å². The monoisotopic (exact) mass is 250 g/mol. The number of hydrogen-bond acceptors (Lipinski definition) is 6. The minimum absolute atomic E-state index is 0.139. The van der Waals surface area contributed by atoms with E-state index in [2.05, 4.69) is 10.2 Å². The van der Waals surface area contributed by atoms with Gasteiger partial charge in [0.1, 0.15) is 6.04 Å². The Balaban J connectivity index is 3.43. The molecule has 0 aliphatic rings. The molecular weight excluding hydrogens is 232 g/mol. The van der Waals surface area contributed by atoms with E-state index >= 15 is 0 Å². The van der Waals surface area contributed by atoms with Crippen LogP contribution in [-0.2, 0) is 14.4 Å². The molecule has 0 spiro atoms. The maximum Gasteiger partial charge on any atom is 0.325 e. The average Bonchev–Trinajstić information content (AvgIpc) is 2.22. The van der Waals surface area contributed by atoms with Crippen LogP contribution in [0.25, 0.3) is 0 Å². The van der Waals surface area contributed by atoms with Gasteiger partial charge in [-0.1, -0.05) is 6.42 Å². The van der Waals surface area contributed by atoms with Crippen LogP contribution < -0.4 is 5.32 Å². The highest BCUT2D eigenvalue weighted by Crippen LogP contribution is 2.00. The molecule has 0 aromatic heterocycles. The Labute approximate surface area is 98.6 Å². The summed E-state index contributed by atoms with van der Waals surface area (Å²) in [5.41, 5.74) is 0. The molecule has 4 N–H and O–H groups in total. The molecule has 8 heteroatoms. The second-order valence-electron chi connectivity index (χ2n) is 3.52. The first-order chi connectivity index (χ1) is 7.93. The van der Waals surface area contributed by atoms with Crippen molar-refractivity contribution in [3.05, 3.63) is 0 Å². The Morgan fingerprint density at radius 1 is 1.29 bits per heavy atom. The summed E-state index contributed by atoms with van der Waals surface area (Å²) in [5.74, 6) is -1.38. The maximum absolute atomic E-state index is 11.2. The maximum atomic E-state index is 11.2. The fourth-order valence-corrected chi connectivity index (χ4v) is 1.09. The van der Waals surface area contributed by atoms with E-state index in [-0.39, 0.29) is 24.3 Å². The molecule has 0 saturated heterocycles. The number of nitrogens with zero attached hydrogens (tertiary/aromatic N) is 1. The van der Waals surface area contributed by atoms with Gasteiger partial charge in [-0.3, -0.25) is 24.8 Å². The molecule has 0 aliphatic carbocycles. The highest BCUT2D eigenvalue weighted by atomic mass is 17.1. The summed E-state index contributed by atoms with van der Waals surface area (Å²) in [7, 11) is 0. The van der Waals surface area contributed by atoms with Gasteiger partial charge in [-0.05, 0) is 19.8 Å².